The first-order chi connectivity index (χ1) is 6.29. The lowest BCUT2D eigenvalue weighted by atomic mass is 10.1. The molecular formula is C8H18ClNO4S. The van der Waals surface area contributed by atoms with Crippen LogP contribution in [0.4, 0.5) is 0 Å². The standard InChI is InChI=1S/C8H17NO4S.ClH/c1-4-13-7(10)8(2,5-6-9)14(3,11)12;/h4-6,9H2,1-3H3;1H/t8-;/m1./s1. The fraction of sp³-hybridized carbons (Fsp3) is 0.875. The molecule has 0 radical (unpaired) electrons. The van der Waals surface area contributed by atoms with E-state index in [1.807, 2.05) is 0 Å². The minimum atomic E-state index is -3.50. The van der Waals surface area contributed by atoms with Crippen LogP contribution in [0.2, 0.25) is 0 Å². The summed E-state index contributed by atoms with van der Waals surface area (Å²) in [6, 6.07) is 0. The molecule has 2 N–H and O–H groups in total. The molecule has 0 rings (SSSR count). The summed E-state index contributed by atoms with van der Waals surface area (Å²) in [5.74, 6) is -0.729. The van der Waals surface area contributed by atoms with Crippen molar-refractivity contribution in [1.29, 1.82) is 0 Å². The minimum Gasteiger partial charge on any atom is -0.465 e. The number of hydrogen-bond acceptors (Lipinski definition) is 5. The van der Waals surface area contributed by atoms with Crippen LogP contribution in [0.3, 0.4) is 0 Å². The van der Waals surface area contributed by atoms with E-state index in [4.69, 9.17) is 10.5 Å². The SMILES string of the molecule is CCOC(=O)[C@@](C)(CCN)S(C)(=O)=O.Cl. The van der Waals surface area contributed by atoms with E-state index in [9.17, 15) is 13.2 Å². The van der Waals surface area contributed by atoms with Crippen molar-refractivity contribution in [3.05, 3.63) is 0 Å². The predicted molar refractivity (Wildman–Crippen MR) is 60.8 cm³/mol. The van der Waals surface area contributed by atoms with Crippen molar-refractivity contribution in [3.63, 3.8) is 0 Å². The second kappa shape index (κ2) is 6.30. The highest BCUT2D eigenvalue weighted by molar-refractivity contribution is 7.92. The number of carbonyl (C=O) groups excluding carboxylic acids is 1. The summed E-state index contributed by atoms with van der Waals surface area (Å²) >= 11 is 0. The molecule has 0 saturated carbocycles. The molecule has 0 fully saturated rings. The van der Waals surface area contributed by atoms with E-state index in [0.29, 0.717) is 0 Å². The number of nitrogens with two attached hydrogens (primary N) is 1. The summed E-state index contributed by atoms with van der Waals surface area (Å²) in [7, 11) is -3.50. The van der Waals surface area contributed by atoms with Crippen molar-refractivity contribution in [1.82, 2.24) is 0 Å². The van der Waals surface area contributed by atoms with Gasteiger partial charge in [-0.3, -0.25) is 4.79 Å². The van der Waals surface area contributed by atoms with Crippen molar-refractivity contribution < 1.29 is 17.9 Å². The van der Waals surface area contributed by atoms with Gasteiger partial charge in [-0.2, -0.15) is 0 Å². The van der Waals surface area contributed by atoms with Crippen molar-refractivity contribution in [3.8, 4) is 0 Å². The molecule has 0 aromatic rings. The van der Waals surface area contributed by atoms with Gasteiger partial charge in [-0.25, -0.2) is 8.42 Å². The molecular weight excluding hydrogens is 242 g/mol. The van der Waals surface area contributed by atoms with Gasteiger partial charge in [0, 0.05) is 6.26 Å². The first-order valence-corrected chi connectivity index (χ1v) is 6.25. The third-order valence-corrected chi connectivity index (χ3v) is 4.15. The smallest absolute Gasteiger partial charge is 0.327 e. The first-order valence-electron chi connectivity index (χ1n) is 4.36. The van der Waals surface area contributed by atoms with E-state index in [1.165, 1.54) is 6.92 Å². The Labute approximate surface area is 96.7 Å². The van der Waals surface area contributed by atoms with Crippen LogP contribution in [-0.2, 0) is 19.4 Å². The molecule has 0 amide bonds. The lowest BCUT2D eigenvalue weighted by Crippen LogP contribution is -2.45. The molecule has 15 heavy (non-hydrogen) atoms. The number of esters is 1. The zero-order valence-corrected chi connectivity index (χ0v) is 10.8. The normalized spacial score (nSPS) is 14.9. The van der Waals surface area contributed by atoms with Crippen LogP contribution in [0, 0.1) is 0 Å². The van der Waals surface area contributed by atoms with Crippen LogP contribution in [0.1, 0.15) is 20.3 Å². The third kappa shape index (κ3) is 3.96. The van der Waals surface area contributed by atoms with E-state index in [1.54, 1.807) is 6.92 Å². The van der Waals surface area contributed by atoms with Gasteiger partial charge in [-0.15, -0.1) is 12.4 Å². The molecule has 92 valence electrons. The highest BCUT2D eigenvalue weighted by Gasteiger charge is 2.44. The number of ether oxygens (including phenoxy) is 1. The van der Waals surface area contributed by atoms with Crippen LogP contribution in [0.5, 0.6) is 0 Å². The fourth-order valence-corrected chi connectivity index (χ4v) is 1.85. The van der Waals surface area contributed by atoms with E-state index in [-0.39, 0.29) is 32.0 Å². The van der Waals surface area contributed by atoms with Gasteiger partial charge in [0.05, 0.1) is 6.61 Å². The van der Waals surface area contributed by atoms with E-state index >= 15 is 0 Å². The van der Waals surface area contributed by atoms with Gasteiger partial charge < -0.3 is 10.5 Å². The quantitative estimate of drug-likeness (QED) is 0.709. The van der Waals surface area contributed by atoms with Crippen molar-refractivity contribution in [2.75, 3.05) is 19.4 Å². The highest BCUT2D eigenvalue weighted by atomic mass is 35.5. The third-order valence-electron chi connectivity index (χ3n) is 2.15. The van der Waals surface area contributed by atoms with Crippen LogP contribution in [-0.4, -0.2) is 38.5 Å². The van der Waals surface area contributed by atoms with Gasteiger partial charge in [0.1, 0.15) is 0 Å². The second-order valence-electron chi connectivity index (χ2n) is 3.26. The first kappa shape index (κ1) is 17.1. The Bertz CT molecular complexity index is 304. The van der Waals surface area contributed by atoms with Gasteiger partial charge in [0.2, 0.25) is 0 Å². The summed E-state index contributed by atoms with van der Waals surface area (Å²) < 4.78 is 26.0. The Morgan fingerprint density at radius 1 is 1.47 bits per heavy atom. The molecule has 0 bridgehead atoms. The Kier molecular flexibility index (Phi) is 7.17. The minimum absolute atomic E-state index is 0. The van der Waals surface area contributed by atoms with Crippen LogP contribution in [0.15, 0.2) is 0 Å². The van der Waals surface area contributed by atoms with Crippen molar-refractivity contribution in [2.24, 2.45) is 5.73 Å². The van der Waals surface area contributed by atoms with Crippen molar-refractivity contribution >= 4 is 28.2 Å². The number of halogens is 1. The number of hydrogen-bond donors (Lipinski definition) is 1. The molecule has 5 nitrogen and oxygen atoms in total. The summed E-state index contributed by atoms with van der Waals surface area (Å²) in [4.78, 5) is 11.4. The Hall–Kier alpha value is -0.330. The van der Waals surface area contributed by atoms with E-state index < -0.39 is 20.6 Å². The highest BCUT2D eigenvalue weighted by Crippen LogP contribution is 2.21. The van der Waals surface area contributed by atoms with E-state index in [0.717, 1.165) is 6.26 Å². The van der Waals surface area contributed by atoms with Gasteiger partial charge >= 0.3 is 5.97 Å². The van der Waals surface area contributed by atoms with Gasteiger partial charge in [-0.1, -0.05) is 0 Å². The Morgan fingerprint density at radius 3 is 2.20 bits per heavy atom. The lowest BCUT2D eigenvalue weighted by molar-refractivity contribution is -0.145. The predicted octanol–water partition coefficient (Wildman–Crippen LogP) is 0.123. The molecule has 0 aliphatic rings. The lowest BCUT2D eigenvalue weighted by Gasteiger charge is -2.24. The number of rotatable bonds is 5. The zero-order valence-electron chi connectivity index (χ0n) is 9.15. The molecule has 0 aliphatic heterocycles. The largest absolute Gasteiger partial charge is 0.465 e. The van der Waals surface area contributed by atoms with Crippen molar-refractivity contribution in [2.45, 2.75) is 25.0 Å². The molecule has 0 aromatic carbocycles. The average Bonchev–Trinajstić information content (AvgIpc) is 2.03. The maximum Gasteiger partial charge on any atom is 0.327 e. The van der Waals surface area contributed by atoms with Crippen LogP contribution in [0.25, 0.3) is 0 Å². The van der Waals surface area contributed by atoms with Gasteiger partial charge in [0.25, 0.3) is 0 Å². The van der Waals surface area contributed by atoms with Crippen LogP contribution >= 0.6 is 12.4 Å². The maximum atomic E-state index is 11.4. The second-order valence-corrected chi connectivity index (χ2v) is 5.71. The Morgan fingerprint density at radius 2 is 1.93 bits per heavy atom. The molecule has 0 unspecified atom stereocenters. The van der Waals surface area contributed by atoms with Gasteiger partial charge in [0.15, 0.2) is 14.6 Å². The summed E-state index contributed by atoms with van der Waals surface area (Å²) in [5.41, 5.74) is 5.27. The molecule has 0 heterocycles. The Balaban J connectivity index is 0. The molecule has 0 saturated heterocycles. The molecule has 1 atom stereocenters. The number of carbonyl (C=O) groups is 1. The monoisotopic (exact) mass is 259 g/mol. The zero-order chi connectivity index (χ0) is 11.4. The maximum absolute atomic E-state index is 11.4. The summed E-state index contributed by atoms with van der Waals surface area (Å²) in [5, 5.41) is 0. The molecule has 0 aliphatic carbocycles. The molecule has 0 spiro atoms. The fourth-order valence-electron chi connectivity index (χ4n) is 0.998. The topological polar surface area (TPSA) is 86.5 Å². The van der Waals surface area contributed by atoms with E-state index in [2.05, 4.69) is 0 Å². The molecule has 0 aromatic heterocycles. The summed E-state index contributed by atoms with van der Waals surface area (Å²) in [6.45, 7) is 3.26. The average molecular weight is 260 g/mol. The molecule has 7 heteroatoms. The van der Waals surface area contributed by atoms with Gasteiger partial charge in [-0.05, 0) is 26.8 Å². The number of sulfone groups is 1. The summed E-state index contributed by atoms with van der Waals surface area (Å²) in [6.07, 6.45) is 1.09. The van der Waals surface area contributed by atoms with Crippen LogP contribution < -0.4 is 5.73 Å².